The molecule has 0 bridgehead atoms. The van der Waals surface area contributed by atoms with Crippen LogP contribution in [0, 0.1) is 11.3 Å². The standard InChI is InChI=1S/C5H7NO4S/c1-4(5(7)8)11(9,10)3-2-6/h4H,3H2,1H3,(H,7,8). The van der Waals surface area contributed by atoms with Crippen molar-refractivity contribution in [2.45, 2.75) is 12.2 Å². The Morgan fingerprint density at radius 3 is 2.45 bits per heavy atom. The highest BCUT2D eigenvalue weighted by molar-refractivity contribution is 7.92. The van der Waals surface area contributed by atoms with Gasteiger partial charge in [0.1, 0.15) is 5.75 Å². The molecule has 0 aliphatic heterocycles. The van der Waals surface area contributed by atoms with Crippen LogP contribution < -0.4 is 0 Å². The van der Waals surface area contributed by atoms with Crippen LogP contribution in [0.15, 0.2) is 0 Å². The predicted octanol–water partition coefficient (Wildman–Crippen LogP) is -0.602. The summed E-state index contributed by atoms with van der Waals surface area (Å²) in [5, 5.41) is 14.8. The monoisotopic (exact) mass is 177 g/mol. The summed E-state index contributed by atoms with van der Waals surface area (Å²) in [5.74, 6) is -2.18. The van der Waals surface area contributed by atoms with Gasteiger partial charge in [-0.1, -0.05) is 0 Å². The molecule has 0 amide bonds. The van der Waals surface area contributed by atoms with Crippen molar-refractivity contribution in [3.05, 3.63) is 0 Å². The van der Waals surface area contributed by atoms with Gasteiger partial charge >= 0.3 is 5.97 Å². The SMILES string of the molecule is CC(C(=O)O)S(=O)(=O)CC#N. The van der Waals surface area contributed by atoms with Crippen molar-refractivity contribution in [1.82, 2.24) is 0 Å². The second kappa shape index (κ2) is 3.34. The molecule has 0 aliphatic carbocycles. The number of nitrogens with zero attached hydrogens (tertiary/aromatic N) is 1. The Bertz CT molecular complexity index is 286. The van der Waals surface area contributed by atoms with E-state index in [-0.39, 0.29) is 0 Å². The van der Waals surface area contributed by atoms with Crippen LogP contribution >= 0.6 is 0 Å². The van der Waals surface area contributed by atoms with Crippen molar-refractivity contribution in [3.8, 4) is 6.07 Å². The lowest BCUT2D eigenvalue weighted by atomic mass is 10.5. The number of sulfone groups is 1. The van der Waals surface area contributed by atoms with Gasteiger partial charge in [0.2, 0.25) is 0 Å². The molecule has 0 radical (unpaired) electrons. The van der Waals surface area contributed by atoms with Crippen LogP contribution in [-0.4, -0.2) is 30.5 Å². The zero-order valence-electron chi connectivity index (χ0n) is 5.81. The molecule has 0 aromatic heterocycles. The summed E-state index contributed by atoms with van der Waals surface area (Å²) in [4.78, 5) is 10.1. The maximum Gasteiger partial charge on any atom is 0.321 e. The van der Waals surface area contributed by atoms with E-state index in [1.54, 1.807) is 0 Å². The molecule has 0 aromatic rings. The molecule has 0 saturated carbocycles. The molecule has 1 atom stereocenters. The summed E-state index contributed by atoms with van der Waals surface area (Å²) in [6.45, 7) is 1.04. The van der Waals surface area contributed by atoms with Crippen LogP contribution in [0.25, 0.3) is 0 Å². The highest BCUT2D eigenvalue weighted by Crippen LogP contribution is 2.00. The van der Waals surface area contributed by atoms with Crippen LogP contribution in [-0.2, 0) is 14.6 Å². The Labute approximate surface area is 64.2 Å². The second-order valence-electron chi connectivity index (χ2n) is 1.95. The van der Waals surface area contributed by atoms with Gasteiger partial charge in [-0.25, -0.2) is 8.42 Å². The zero-order valence-corrected chi connectivity index (χ0v) is 6.63. The molecule has 0 aromatic carbocycles. The Balaban J connectivity index is 4.61. The average molecular weight is 177 g/mol. The summed E-state index contributed by atoms with van der Waals surface area (Å²) >= 11 is 0. The van der Waals surface area contributed by atoms with Crippen molar-refractivity contribution in [3.63, 3.8) is 0 Å². The third kappa shape index (κ3) is 2.55. The van der Waals surface area contributed by atoms with Gasteiger partial charge in [-0.2, -0.15) is 5.26 Å². The van der Waals surface area contributed by atoms with E-state index in [2.05, 4.69) is 0 Å². The largest absolute Gasteiger partial charge is 0.480 e. The number of aliphatic carboxylic acids is 1. The number of carboxylic acids is 1. The van der Waals surface area contributed by atoms with Crippen molar-refractivity contribution >= 4 is 15.8 Å². The van der Waals surface area contributed by atoms with Crippen LogP contribution in [0.1, 0.15) is 6.92 Å². The van der Waals surface area contributed by atoms with Crippen LogP contribution in [0.5, 0.6) is 0 Å². The number of hydrogen-bond donors (Lipinski definition) is 1. The van der Waals surface area contributed by atoms with Gasteiger partial charge in [-0.3, -0.25) is 4.79 Å². The summed E-state index contributed by atoms with van der Waals surface area (Å²) < 4.78 is 21.5. The molecule has 0 saturated heterocycles. The molecular weight excluding hydrogens is 170 g/mol. The molecular formula is C5H7NO4S. The summed E-state index contributed by atoms with van der Waals surface area (Å²) in [6, 6.07) is 1.39. The lowest BCUT2D eigenvalue weighted by Crippen LogP contribution is -2.28. The predicted molar refractivity (Wildman–Crippen MR) is 36.5 cm³/mol. The van der Waals surface area contributed by atoms with Gasteiger partial charge in [0.15, 0.2) is 15.1 Å². The topological polar surface area (TPSA) is 95.2 Å². The van der Waals surface area contributed by atoms with Gasteiger partial charge in [0, 0.05) is 0 Å². The van der Waals surface area contributed by atoms with Crippen molar-refractivity contribution in [1.29, 1.82) is 5.26 Å². The molecule has 0 rings (SSSR count). The Morgan fingerprint density at radius 2 is 2.18 bits per heavy atom. The van der Waals surface area contributed by atoms with Crippen LogP contribution in [0.3, 0.4) is 0 Å². The minimum Gasteiger partial charge on any atom is -0.480 e. The van der Waals surface area contributed by atoms with E-state index < -0.39 is 26.8 Å². The fourth-order valence-electron chi connectivity index (χ4n) is 0.369. The van der Waals surface area contributed by atoms with E-state index in [0.29, 0.717) is 0 Å². The quantitative estimate of drug-likeness (QED) is 0.620. The first-order valence-corrected chi connectivity index (χ1v) is 4.44. The number of carboxylic acid groups (broad SMARTS) is 1. The smallest absolute Gasteiger partial charge is 0.321 e. The van der Waals surface area contributed by atoms with Crippen LogP contribution in [0.4, 0.5) is 0 Å². The molecule has 0 spiro atoms. The zero-order chi connectivity index (χ0) is 9.07. The molecule has 0 aliphatic rings. The molecule has 0 heterocycles. The molecule has 1 N–H and O–H groups in total. The van der Waals surface area contributed by atoms with Crippen LogP contribution in [0.2, 0.25) is 0 Å². The van der Waals surface area contributed by atoms with Gasteiger partial charge in [0.05, 0.1) is 6.07 Å². The van der Waals surface area contributed by atoms with Gasteiger partial charge < -0.3 is 5.11 Å². The molecule has 11 heavy (non-hydrogen) atoms. The highest BCUT2D eigenvalue weighted by Gasteiger charge is 2.26. The molecule has 5 nitrogen and oxygen atoms in total. The van der Waals surface area contributed by atoms with Gasteiger partial charge in [-0.15, -0.1) is 0 Å². The van der Waals surface area contributed by atoms with Crippen molar-refractivity contribution in [2.24, 2.45) is 0 Å². The summed E-state index contributed by atoms with van der Waals surface area (Å²) in [6.07, 6.45) is 0. The maximum absolute atomic E-state index is 10.8. The minimum absolute atomic E-state index is 0.750. The normalized spacial score (nSPS) is 13.5. The molecule has 6 heteroatoms. The lowest BCUT2D eigenvalue weighted by molar-refractivity contribution is -0.136. The van der Waals surface area contributed by atoms with Gasteiger partial charge in [-0.05, 0) is 6.92 Å². The van der Waals surface area contributed by atoms with Crippen molar-refractivity contribution in [2.75, 3.05) is 5.75 Å². The van der Waals surface area contributed by atoms with Gasteiger partial charge in [0.25, 0.3) is 0 Å². The van der Waals surface area contributed by atoms with E-state index >= 15 is 0 Å². The number of rotatable bonds is 3. The Morgan fingerprint density at radius 1 is 1.73 bits per heavy atom. The molecule has 0 fully saturated rings. The number of hydrogen-bond acceptors (Lipinski definition) is 4. The average Bonchev–Trinajstić information content (AvgIpc) is 1.86. The highest BCUT2D eigenvalue weighted by atomic mass is 32.2. The Kier molecular flexibility index (Phi) is 3.01. The van der Waals surface area contributed by atoms with E-state index in [1.807, 2.05) is 0 Å². The fourth-order valence-corrected chi connectivity index (χ4v) is 1.11. The Hall–Kier alpha value is -1.09. The first-order valence-electron chi connectivity index (χ1n) is 2.73. The van der Waals surface area contributed by atoms with E-state index in [9.17, 15) is 13.2 Å². The second-order valence-corrected chi connectivity index (χ2v) is 4.27. The molecule has 62 valence electrons. The van der Waals surface area contributed by atoms with E-state index in [1.165, 1.54) is 6.07 Å². The third-order valence-corrected chi connectivity index (χ3v) is 2.96. The van der Waals surface area contributed by atoms with Crippen molar-refractivity contribution < 1.29 is 18.3 Å². The number of carbonyl (C=O) groups is 1. The van der Waals surface area contributed by atoms with E-state index in [4.69, 9.17) is 10.4 Å². The third-order valence-electron chi connectivity index (χ3n) is 1.15. The first kappa shape index (κ1) is 9.91. The fraction of sp³-hybridized carbons (Fsp3) is 0.600. The first-order chi connectivity index (χ1) is 4.91. The van der Waals surface area contributed by atoms with E-state index in [0.717, 1.165) is 6.92 Å². The molecule has 1 unspecified atom stereocenters. The lowest BCUT2D eigenvalue weighted by Gasteiger charge is -2.02. The maximum atomic E-state index is 10.8. The number of nitriles is 1. The summed E-state index contributed by atoms with van der Waals surface area (Å²) in [7, 11) is -3.77. The summed E-state index contributed by atoms with van der Waals surface area (Å²) in [5.41, 5.74) is 0. The minimum atomic E-state index is -3.77.